The predicted octanol–water partition coefficient (Wildman–Crippen LogP) is 3.54. The molecule has 0 amide bonds. The summed E-state index contributed by atoms with van der Waals surface area (Å²) < 4.78 is 0.845. The first-order valence-corrected chi connectivity index (χ1v) is 6.70. The summed E-state index contributed by atoms with van der Waals surface area (Å²) in [5.74, 6) is 0. The van der Waals surface area contributed by atoms with Gasteiger partial charge in [0.1, 0.15) is 0 Å². The van der Waals surface area contributed by atoms with Crippen LogP contribution in [0.15, 0.2) is 12.1 Å². The van der Waals surface area contributed by atoms with Crippen molar-refractivity contribution in [1.29, 1.82) is 0 Å². The van der Waals surface area contributed by atoms with E-state index in [0.717, 1.165) is 10.8 Å². The van der Waals surface area contributed by atoms with E-state index in [4.69, 9.17) is 17.3 Å². The van der Waals surface area contributed by atoms with Crippen LogP contribution in [-0.2, 0) is 0 Å². The Bertz CT molecular complexity index is 262. The van der Waals surface area contributed by atoms with Crippen molar-refractivity contribution in [3.8, 4) is 0 Å². The third-order valence-corrected chi connectivity index (χ3v) is 4.56. The second-order valence-corrected chi connectivity index (χ2v) is 5.60. The Labute approximate surface area is 92.7 Å². The second-order valence-electron chi connectivity index (χ2n) is 2.87. The van der Waals surface area contributed by atoms with Gasteiger partial charge in [-0.15, -0.1) is 11.3 Å². The van der Waals surface area contributed by atoms with Crippen LogP contribution in [0.5, 0.6) is 0 Å². The first kappa shape index (κ1) is 11.4. The lowest BCUT2D eigenvalue weighted by atomic mass is 10.1. The molecule has 0 bridgehead atoms. The molecule has 0 saturated carbocycles. The van der Waals surface area contributed by atoms with Gasteiger partial charge in [-0.2, -0.15) is 11.8 Å². The molecule has 0 saturated heterocycles. The van der Waals surface area contributed by atoms with Gasteiger partial charge < -0.3 is 5.73 Å². The molecule has 0 radical (unpaired) electrons. The van der Waals surface area contributed by atoms with E-state index in [0.29, 0.717) is 5.25 Å². The smallest absolute Gasteiger partial charge is 0.0931 e. The number of halogens is 1. The fourth-order valence-corrected chi connectivity index (χ4v) is 3.60. The van der Waals surface area contributed by atoms with Crippen LogP contribution in [0.2, 0.25) is 4.34 Å². The summed E-state index contributed by atoms with van der Waals surface area (Å²) >= 11 is 9.30. The van der Waals surface area contributed by atoms with Crippen LogP contribution in [0, 0.1) is 0 Å². The van der Waals surface area contributed by atoms with Crippen LogP contribution in [0.4, 0.5) is 0 Å². The monoisotopic (exact) mass is 235 g/mol. The highest BCUT2D eigenvalue weighted by Gasteiger charge is 2.18. The van der Waals surface area contributed by atoms with Crippen LogP contribution >= 0.6 is 34.7 Å². The van der Waals surface area contributed by atoms with Crippen molar-refractivity contribution in [3.63, 3.8) is 0 Å². The van der Waals surface area contributed by atoms with E-state index in [2.05, 4.69) is 19.2 Å². The number of nitrogens with two attached hydrogens (primary N) is 1. The van der Waals surface area contributed by atoms with Gasteiger partial charge in [0.15, 0.2) is 0 Å². The highest BCUT2D eigenvalue weighted by molar-refractivity contribution is 7.99. The fourth-order valence-electron chi connectivity index (χ4n) is 1.20. The summed E-state index contributed by atoms with van der Waals surface area (Å²) in [4.78, 5) is 1.28. The number of thioether (sulfide) groups is 1. The van der Waals surface area contributed by atoms with Crippen molar-refractivity contribution in [1.82, 2.24) is 0 Å². The van der Waals surface area contributed by atoms with Crippen molar-refractivity contribution < 1.29 is 0 Å². The molecule has 0 aliphatic heterocycles. The summed E-state index contributed by atoms with van der Waals surface area (Å²) in [6.45, 7) is 2.11. The first-order chi connectivity index (χ1) is 6.19. The zero-order valence-electron chi connectivity index (χ0n) is 7.79. The highest BCUT2D eigenvalue weighted by atomic mass is 35.5. The van der Waals surface area contributed by atoms with Crippen LogP contribution in [0.1, 0.15) is 23.5 Å². The molecule has 0 aliphatic carbocycles. The molecule has 1 rings (SSSR count). The molecular formula is C9H14ClNS2. The van der Waals surface area contributed by atoms with Gasteiger partial charge in [-0.3, -0.25) is 0 Å². The highest BCUT2D eigenvalue weighted by Crippen LogP contribution is 2.36. The minimum Gasteiger partial charge on any atom is -0.326 e. The molecule has 2 N–H and O–H groups in total. The Morgan fingerprint density at radius 2 is 2.31 bits per heavy atom. The molecule has 2 atom stereocenters. The topological polar surface area (TPSA) is 26.0 Å². The average molecular weight is 236 g/mol. The quantitative estimate of drug-likeness (QED) is 0.864. The molecule has 0 fully saturated rings. The van der Waals surface area contributed by atoms with Gasteiger partial charge in [0.2, 0.25) is 0 Å². The standard InChI is InChI=1S/C9H14ClNS2/c1-3-6(11)9(12-2)7-4-5-8(10)13-7/h4-6,9H,3,11H2,1-2H3. The summed E-state index contributed by atoms with van der Waals surface area (Å²) in [7, 11) is 0. The Balaban J connectivity index is 2.77. The molecule has 0 spiro atoms. The summed E-state index contributed by atoms with van der Waals surface area (Å²) in [6, 6.07) is 4.24. The van der Waals surface area contributed by atoms with Crippen LogP contribution in [-0.4, -0.2) is 12.3 Å². The lowest BCUT2D eigenvalue weighted by Crippen LogP contribution is -2.24. The van der Waals surface area contributed by atoms with Gasteiger partial charge in [-0.05, 0) is 24.8 Å². The van der Waals surface area contributed by atoms with E-state index < -0.39 is 0 Å². The molecule has 1 aromatic rings. The van der Waals surface area contributed by atoms with E-state index in [1.54, 1.807) is 23.1 Å². The predicted molar refractivity (Wildman–Crippen MR) is 63.9 cm³/mol. The average Bonchev–Trinajstić information content (AvgIpc) is 2.53. The molecule has 1 nitrogen and oxygen atoms in total. The molecule has 1 aromatic heterocycles. The van der Waals surface area contributed by atoms with Crippen molar-refractivity contribution in [2.24, 2.45) is 5.73 Å². The number of rotatable bonds is 4. The van der Waals surface area contributed by atoms with Crippen molar-refractivity contribution in [2.75, 3.05) is 6.26 Å². The van der Waals surface area contributed by atoms with E-state index in [9.17, 15) is 0 Å². The zero-order valence-corrected chi connectivity index (χ0v) is 10.2. The molecule has 0 aromatic carbocycles. The summed E-state index contributed by atoms with van der Waals surface area (Å²) in [5.41, 5.74) is 6.01. The largest absolute Gasteiger partial charge is 0.326 e. The maximum atomic E-state index is 6.01. The van der Waals surface area contributed by atoms with Crippen LogP contribution < -0.4 is 5.73 Å². The van der Waals surface area contributed by atoms with Crippen molar-refractivity contribution in [2.45, 2.75) is 24.6 Å². The summed E-state index contributed by atoms with van der Waals surface area (Å²) in [6.07, 6.45) is 3.09. The number of hydrogen-bond acceptors (Lipinski definition) is 3. The molecule has 74 valence electrons. The Kier molecular flexibility index (Phi) is 4.59. The Hall–Kier alpha value is 0.300. The SMILES string of the molecule is CCC(N)C(SC)c1ccc(Cl)s1. The Morgan fingerprint density at radius 3 is 2.69 bits per heavy atom. The molecule has 2 unspecified atom stereocenters. The van der Waals surface area contributed by atoms with Crippen LogP contribution in [0.3, 0.4) is 0 Å². The van der Waals surface area contributed by atoms with Gasteiger partial charge >= 0.3 is 0 Å². The molecule has 1 heterocycles. The van der Waals surface area contributed by atoms with Crippen molar-refractivity contribution >= 4 is 34.7 Å². The fraction of sp³-hybridized carbons (Fsp3) is 0.556. The summed E-state index contributed by atoms with van der Waals surface area (Å²) in [5, 5.41) is 0.391. The second kappa shape index (κ2) is 5.25. The van der Waals surface area contributed by atoms with E-state index in [1.807, 2.05) is 6.07 Å². The number of thiophene rings is 1. The Morgan fingerprint density at radius 1 is 1.62 bits per heavy atom. The molecule has 13 heavy (non-hydrogen) atoms. The molecular weight excluding hydrogens is 222 g/mol. The third-order valence-electron chi connectivity index (χ3n) is 1.99. The van der Waals surface area contributed by atoms with E-state index in [-0.39, 0.29) is 6.04 Å². The lowest BCUT2D eigenvalue weighted by molar-refractivity contribution is 0.641. The molecule has 0 aliphatic rings. The zero-order chi connectivity index (χ0) is 9.84. The number of hydrogen-bond donors (Lipinski definition) is 1. The van der Waals surface area contributed by atoms with E-state index >= 15 is 0 Å². The van der Waals surface area contributed by atoms with E-state index in [1.165, 1.54) is 4.88 Å². The van der Waals surface area contributed by atoms with Gasteiger partial charge in [-0.1, -0.05) is 18.5 Å². The third kappa shape index (κ3) is 2.88. The normalized spacial score (nSPS) is 15.7. The van der Waals surface area contributed by atoms with Gasteiger partial charge in [0.25, 0.3) is 0 Å². The first-order valence-electron chi connectivity index (χ1n) is 4.22. The van der Waals surface area contributed by atoms with Crippen molar-refractivity contribution in [3.05, 3.63) is 21.3 Å². The van der Waals surface area contributed by atoms with Crippen LogP contribution in [0.25, 0.3) is 0 Å². The minimum absolute atomic E-state index is 0.227. The lowest BCUT2D eigenvalue weighted by Gasteiger charge is -2.19. The maximum absolute atomic E-state index is 6.01. The van der Waals surface area contributed by atoms with Gasteiger partial charge in [0.05, 0.1) is 9.59 Å². The minimum atomic E-state index is 0.227. The molecule has 4 heteroatoms. The maximum Gasteiger partial charge on any atom is 0.0931 e. The van der Waals surface area contributed by atoms with Gasteiger partial charge in [0, 0.05) is 10.9 Å². The van der Waals surface area contributed by atoms with Gasteiger partial charge in [-0.25, -0.2) is 0 Å².